The predicted octanol–water partition coefficient (Wildman–Crippen LogP) is 2.30. The van der Waals surface area contributed by atoms with Crippen LogP contribution in [0.3, 0.4) is 0 Å². The first-order valence-corrected chi connectivity index (χ1v) is 7.40. The molecule has 2 rings (SSSR count). The quantitative estimate of drug-likeness (QED) is 0.854. The Bertz CT molecular complexity index is 566. The van der Waals surface area contributed by atoms with Crippen LogP contribution in [0, 0.1) is 0 Å². The van der Waals surface area contributed by atoms with E-state index in [4.69, 9.17) is 4.74 Å². The maximum absolute atomic E-state index is 12.3. The lowest BCUT2D eigenvalue weighted by molar-refractivity contribution is -0.155. The Kier molecular flexibility index (Phi) is 4.85. The van der Waals surface area contributed by atoms with E-state index in [1.165, 1.54) is 0 Å². The fourth-order valence-electron chi connectivity index (χ4n) is 1.75. The summed E-state index contributed by atoms with van der Waals surface area (Å²) in [5.74, 6) is -0.318. The van der Waals surface area contributed by atoms with Crippen LogP contribution < -0.4 is 5.32 Å². The molecule has 7 heteroatoms. The number of carbonyl (C=O) groups is 1. The van der Waals surface area contributed by atoms with Crippen molar-refractivity contribution >= 4 is 22.6 Å². The van der Waals surface area contributed by atoms with Gasteiger partial charge in [0.1, 0.15) is 11.6 Å². The van der Waals surface area contributed by atoms with Crippen molar-refractivity contribution < 1.29 is 9.53 Å². The maximum atomic E-state index is 12.3. The zero-order chi connectivity index (χ0) is 15.3. The highest BCUT2D eigenvalue weighted by Crippen LogP contribution is 2.15. The van der Waals surface area contributed by atoms with E-state index in [1.54, 1.807) is 0 Å². The van der Waals surface area contributed by atoms with Gasteiger partial charge in [0.25, 0.3) is 0 Å². The highest BCUT2D eigenvalue weighted by Gasteiger charge is 2.26. The molecule has 1 atom stereocenters. The Hall–Kier alpha value is -2.02. The van der Waals surface area contributed by atoms with Crippen molar-refractivity contribution in [2.24, 2.45) is 0 Å². The third-order valence-electron chi connectivity index (χ3n) is 2.57. The van der Waals surface area contributed by atoms with E-state index in [2.05, 4.69) is 20.1 Å². The van der Waals surface area contributed by atoms with Crippen LogP contribution in [0.5, 0.6) is 0 Å². The third-order valence-corrected chi connectivity index (χ3v) is 3.10. The van der Waals surface area contributed by atoms with Gasteiger partial charge in [0, 0.05) is 18.0 Å². The summed E-state index contributed by atoms with van der Waals surface area (Å²) in [6, 6.07) is 9.23. The van der Waals surface area contributed by atoms with Crippen molar-refractivity contribution in [1.82, 2.24) is 14.8 Å². The molecular formula is C14H18N4O2S. The molecule has 0 bridgehead atoms. The van der Waals surface area contributed by atoms with Crippen molar-refractivity contribution in [1.29, 1.82) is 0 Å². The number of hydrogen-bond donors (Lipinski definition) is 1. The highest BCUT2D eigenvalue weighted by atomic mass is 32.1. The summed E-state index contributed by atoms with van der Waals surface area (Å²) in [7, 11) is 0. The van der Waals surface area contributed by atoms with Crippen LogP contribution in [-0.4, -0.2) is 32.4 Å². The Morgan fingerprint density at radius 3 is 2.62 bits per heavy atom. The lowest BCUT2D eigenvalue weighted by Gasteiger charge is -2.24. The van der Waals surface area contributed by atoms with Crippen molar-refractivity contribution in [3.63, 3.8) is 0 Å². The molecule has 1 aromatic heterocycles. The summed E-state index contributed by atoms with van der Waals surface area (Å²) >= 11 is 1.11. The summed E-state index contributed by atoms with van der Waals surface area (Å²) in [4.78, 5) is 12.3. The van der Waals surface area contributed by atoms with Gasteiger partial charge in [0.15, 0.2) is 0 Å². The van der Waals surface area contributed by atoms with Gasteiger partial charge in [-0.3, -0.25) is 0 Å². The molecule has 0 radical (unpaired) electrons. The summed E-state index contributed by atoms with van der Waals surface area (Å²) < 4.78 is 9.14. The number of carbonyl (C=O) groups excluding carboxylic acids is 1. The van der Waals surface area contributed by atoms with Crippen LogP contribution >= 0.6 is 11.5 Å². The Labute approximate surface area is 127 Å². The smallest absolute Gasteiger partial charge is 0.329 e. The monoisotopic (exact) mass is 306 g/mol. The second-order valence-corrected chi connectivity index (χ2v) is 6.32. The van der Waals surface area contributed by atoms with Crippen LogP contribution in [0.15, 0.2) is 30.3 Å². The molecule has 0 aliphatic rings. The fourth-order valence-corrected chi connectivity index (χ4v) is 2.17. The van der Waals surface area contributed by atoms with Crippen molar-refractivity contribution in [3.05, 3.63) is 35.9 Å². The molecule has 0 saturated heterocycles. The molecule has 21 heavy (non-hydrogen) atoms. The van der Waals surface area contributed by atoms with E-state index in [0.29, 0.717) is 11.6 Å². The topological polar surface area (TPSA) is 77.0 Å². The molecule has 1 aromatic carbocycles. The largest absolute Gasteiger partial charge is 0.458 e. The first kappa shape index (κ1) is 15.4. The number of anilines is 1. The van der Waals surface area contributed by atoms with Gasteiger partial charge in [-0.25, -0.2) is 4.79 Å². The van der Waals surface area contributed by atoms with Gasteiger partial charge in [-0.1, -0.05) is 39.9 Å². The SMILES string of the molecule is CC(C)(C)OC(=O)[C@H](Cc1ccccc1)Nc1nnns1. The Morgan fingerprint density at radius 1 is 1.33 bits per heavy atom. The molecule has 0 aliphatic heterocycles. The summed E-state index contributed by atoms with van der Waals surface area (Å²) in [6.45, 7) is 5.53. The molecule has 0 unspecified atom stereocenters. The molecule has 2 aromatic rings. The minimum absolute atomic E-state index is 0.318. The second-order valence-electron chi connectivity index (χ2n) is 5.59. The van der Waals surface area contributed by atoms with E-state index in [1.807, 2.05) is 51.1 Å². The molecule has 1 heterocycles. The number of ether oxygens (including phenoxy) is 1. The van der Waals surface area contributed by atoms with Gasteiger partial charge in [-0.05, 0) is 31.5 Å². The zero-order valence-corrected chi connectivity index (χ0v) is 13.1. The fraction of sp³-hybridized carbons (Fsp3) is 0.429. The number of hydrogen-bond acceptors (Lipinski definition) is 7. The van der Waals surface area contributed by atoms with Crippen LogP contribution in [0.2, 0.25) is 0 Å². The van der Waals surface area contributed by atoms with E-state index in [0.717, 1.165) is 17.1 Å². The number of rotatable bonds is 5. The minimum Gasteiger partial charge on any atom is -0.458 e. The van der Waals surface area contributed by atoms with Crippen molar-refractivity contribution in [3.8, 4) is 0 Å². The van der Waals surface area contributed by atoms with Crippen LogP contribution in [0.1, 0.15) is 26.3 Å². The molecule has 0 aliphatic carbocycles. The first-order valence-electron chi connectivity index (χ1n) is 6.62. The number of nitrogens with zero attached hydrogens (tertiary/aromatic N) is 3. The van der Waals surface area contributed by atoms with E-state index in [-0.39, 0.29) is 5.97 Å². The minimum atomic E-state index is -0.535. The van der Waals surface area contributed by atoms with E-state index in [9.17, 15) is 4.79 Å². The normalized spacial score (nSPS) is 12.7. The van der Waals surface area contributed by atoms with Crippen molar-refractivity contribution in [2.45, 2.75) is 38.8 Å². The average molecular weight is 306 g/mol. The molecule has 0 spiro atoms. The lowest BCUT2D eigenvalue weighted by atomic mass is 10.1. The van der Waals surface area contributed by atoms with Crippen LogP contribution in [0.25, 0.3) is 0 Å². The average Bonchev–Trinajstić information content (AvgIpc) is 2.90. The lowest BCUT2D eigenvalue weighted by Crippen LogP contribution is -2.38. The van der Waals surface area contributed by atoms with Crippen molar-refractivity contribution in [2.75, 3.05) is 5.32 Å². The second kappa shape index (κ2) is 6.62. The molecule has 112 valence electrons. The van der Waals surface area contributed by atoms with Gasteiger partial charge in [-0.2, -0.15) is 0 Å². The number of nitrogens with one attached hydrogen (secondary N) is 1. The van der Waals surface area contributed by atoms with Crippen LogP contribution in [0.4, 0.5) is 5.13 Å². The number of benzene rings is 1. The Morgan fingerprint density at radius 2 is 2.05 bits per heavy atom. The molecule has 0 fully saturated rings. The van der Waals surface area contributed by atoms with Gasteiger partial charge in [0.05, 0.1) is 0 Å². The standard InChI is InChI=1S/C14H18N4O2S/c1-14(2,3)20-12(19)11(15-13-16-17-18-21-13)9-10-7-5-4-6-8-10/h4-8,11H,9H2,1-3H3,(H,15,16,18)/t11-/m0/s1. The van der Waals surface area contributed by atoms with Gasteiger partial charge >= 0.3 is 5.97 Å². The number of aromatic nitrogens is 3. The maximum Gasteiger partial charge on any atom is 0.329 e. The molecule has 1 N–H and O–H groups in total. The molecule has 0 amide bonds. The molecular weight excluding hydrogens is 288 g/mol. The van der Waals surface area contributed by atoms with Gasteiger partial charge in [0.2, 0.25) is 5.13 Å². The summed E-state index contributed by atoms with van der Waals surface area (Å²) in [6.07, 6.45) is 0.509. The molecule has 0 saturated carbocycles. The number of esters is 1. The van der Waals surface area contributed by atoms with Gasteiger partial charge < -0.3 is 10.1 Å². The summed E-state index contributed by atoms with van der Waals surface area (Å²) in [5, 5.41) is 10.9. The Balaban J connectivity index is 2.11. The first-order chi connectivity index (χ1) is 9.94. The molecule has 6 nitrogen and oxygen atoms in total. The summed E-state index contributed by atoms with van der Waals surface area (Å²) in [5.41, 5.74) is 0.505. The van der Waals surface area contributed by atoms with E-state index < -0.39 is 11.6 Å². The predicted molar refractivity (Wildman–Crippen MR) is 81.1 cm³/mol. The zero-order valence-electron chi connectivity index (χ0n) is 12.2. The van der Waals surface area contributed by atoms with Gasteiger partial charge in [-0.15, -0.1) is 0 Å². The van der Waals surface area contributed by atoms with E-state index >= 15 is 0 Å². The highest BCUT2D eigenvalue weighted by molar-refractivity contribution is 7.09. The van der Waals surface area contributed by atoms with Crippen LogP contribution in [-0.2, 0) is 16.0 Å². The third kappa shape index (κ3) is 5.11.